The summed E-state index contributed by atoms with van der Waals surface area (Å²) in [6, 6.07) is 9.31. The number of methoxy groups -OCH3 is 3. The molecular weight excluding hydrogens is 448 g/mol. The molecule has 0 saturated carbocycles. The van der Waals surface area contributed by atoms with Crippen LogP contribution in [0.2, 0.25) is 5.02 Å². The molecule has 31 heavy (non-hydrogen) atoms. The Balaban J connectivity index is 1.90. The van der Waals surface area contributed by atoms with E-state index in [4.69, 9.17) is 30.5 Å². The second-order valence-electron chi connectivity index (χ2n) is 6.24. The Morgan fingerprint density at radius 3 is 2.35 bits per heavy atom. The van der Waals surface area contributed by atoms with Crippen molar-refractivity contribution in [3.05, 3.63) is 47.0 Å². The first-order chi connectivity index (χ1) is 14.8. The van der Waals surface area contributed by atoms with Gasteiger partial charge in [-0.2, -0.15) is 0 Å². The van der Waals surface area contributed by atoms with Crippen LogP contribution in [0.3, 0.4) is 0 Å². The van der Waals surface area contributed by atoms with Crippen molar-refractivity contribution in [3.8, 4) is 17.2 Å². The van der Waals surface area contributed by atoms with Crippen LogP contribution < -0.4 is 24.2 Å². The van der Waals surface area contributed by atoms with Crippen molar-refractivity contribution >= 4 is 27.5 Å². The number of carbonyl (C=O) groups is 1. The van der Waals surface area contributed by atoms with Crippen LogP contribution in [0, 0.1) is 0 Å². The first-order valence-electron chi connectivity index (χ1n) is 9.19. The van der Waals surface area contributed by atoms with Crippen molar-refractivity contribution in [2.45, 2.75) is 11.4 Å². The molecule has 9 nitrogen and oxygen atoms in total. The van der Waals surface area contributed by atoms with Crippen LogP contribution in [0.15, 0.2) is 41.3 Å². The van der Waals surface area contributed by atoms with E-state index in [-0.39, 0.29) is 47.9 Å². The first kappa shape index (κ1) is 24.7. The quantitative estimate of drug-likeness (QED) is 0.454. The van der Waals surface area contributed by atoms with Gasteiger partial charge in [0.05, 0.1) is 30.7 Å². The summed E-state index contributed by atoms with van der Waals surface area (Å²) in [6.45, 7) is 0.354. The Bertz CT molecular complexity index is 999. The SMILES string of the molecule is COCCNS(=O)(=O)c1ccc(OCC(=O)NCc2ccc(OC)c(OC)c2)c(Cl)c1. The Hall–Kier alpha value is -2.53. The Kier molecular flexibility index (Phi) is 9.38. The van der Waals surface area contributed by atoms with Crippen LogP contribution >= 0.6 is 11.6 Å². The fourth-order valence-corrected chi connectivity index (χ4v) is 3.85. The standard InChI is InChI=1S/C20H25ClN2O7S/c1-27-9-8-23-31(25,26)15-5-7-17(16(21)11-15)30-13-20(24)22-12-14-4-6-18(28-2)19(10-14)29-3/h4-7,10-11,23H,8-9,12-13H2,1-3H3,(H,22,24). The Morgan fingerprint density at radius 2 is 1.71 bits per heavy atom. The van der Waals surface area contributed by atoms with Gasteiger partial charge in [0.2, 0.25) is 10.0 Å². The van der Waals surface area contributed by atoms with Gasteiger partial charge >= 0.3 is 0 Å². The monoisotopic (exact) mass is 472 g/mol. The van der Waals surface area contributed by atoms with Gasteiger partial charge in [-0.15, -0.1) is 0 Å². The highest BCUT2D eigenvalue weighted by atomic mass is 35.5. The lowest BCUT2D eigenvalue weighted by atomic mass is 10.2. The molecule has 0 bridgehead atoms. The minimum atomic E-state index is -3.72. The average Bonchev–Trinajstić information content (AvgIpc) is 2.76. The van der Waals surface area contributed by atoms with Crippen LogP contribution in [-0.2, 0) is 26.1 Å². The average molecular weight is 473 g/mol. The summed E-state index contributed by atoms with van der Waals surface area (Å²) >= 11 is 6.12. The molecule has 0 aliphatic heterocycles. The summed E-state index contributed by atoms with van der Waals surface area (Å²) in [6.07, 6.45) is 0. The smallest absolute Gasteiger partial charge is 0.258 e. The van der Waals surface area contributed by atoms with E-state index in [1.165, 1.54) is 32.4 Å². The van der Waals surface area contributed by atoms with Crippen LogP contribution in [0.5, 0.6) is 17.2 Å². The fraction of sp³-hybridized carbons (Fsp3) is 0.350. The summed E-state index contributed by atoms with van der Waals surface area (Å²) in [5, 5.41) is 2.79. The van der Waals surface area contributed by atoms with Gasteiger partial charge in [-0.1, -0.05) is 17.7 Å². The molecule has 2 aromatic rings. The zero-order valence-corrected chi connectivity index (χ0v) is 19.0. The minimum absolute atomic E-state index is 0.0149. The molecule has 0 saturated heterocycles. The summed E-state index contributed by atoms with van der Waals surface area (Å²) in [5.74, 6) is 0.974. The zero-order chi connectivity index (χ0) is 22.9. The molecule has 0 radical (unpaired) electrons. The van der Waals surface area contributed by atoms with Gasteiger partial charge < -0.3 is 24.3 Å². The van der Waals surface area contributed by atoms with Crippen molar-refractivity contribution in [2.24, 2.45) is 0 Å². The lowest BCUT2D eigenvalue weighted by Gasteiger charge is -2.12. The van der Waals surface area contributed by atoms with Crippen LogP contribution in [-0.4, -0.2) is 55.4 Å². The number of benzene rings is 2. The third kappa shape index (κ3) is 7.28. The highest BCUT2D eigenvalue weighted by Gasteiger charge is 2.16. The van der Waals surface area contributed by atoms with Crippen molar-refractivity contribution < 1.29 is 32.2 Å². The van der Waals surface area contributed by atoms with Crippen molar-refractivity contribution in [2.75, 3.05) is 41.1 Å². The summed E-state index contributed by atoms with van der Waals surface area (Å²) in [4.78, 5) is 12.1. The van der Waals surface area contributed by atoms with Gasteiger partial charge in [-0.3, -0.25) is 4.79 Å². The Morgan fingerprint density at radius 1 is 1.00 bits per heavy atom. The first-order valence-corrected chi connectivity index (χ1v) is 11.1. The van der Waals surface area contributed by atoms with E-state index in [1.54, 1.807) is 25.3 Å². The molecule has 0 unspecified atom stereocenters. The van der Waals surface area contributed by atoms with E-state index in [0.29, 0.717) is 11.5 Å². The van der Waals surface area contributed by atoms with Crippen LogP contribution in [0.1, 0.15) is 5.56 Å². The number of hydrogen-bond donors (Lipinski definition) is 2. The maximum atomic E-state index is 12.2. The molecule has 11 heteroatoms. The van der Waals surface area contributed by atoms with Crippen molar-refractivity contribution in [3.63, 3.8) is 0 Å². The number of amides is 1. The predicted molar refractivity (Wildman–Crippen MR) is 115 cm³/mol. The molecule has 1 amide bonds. The van der Waals surface area contributed by atoms with E-state index < -0.39 is 10.0 Å². The summed E-state index contributed by atoms with van der Waals surface area (Å²) < 4.78 is 47.4. The third-order valence-corrected chi connectivity index (χ3v) is 5.86. The van der Waals surface area contributed by atoms with E-state index in [2.05, 4.69) is 10.0 Å². The van der Waals surface area contributed by atoms with E-state index in [0.717, 1.165) is 5.56 Å². The van der Waals surface area contributed by atoms with E-state index >= 15 is 0 Å². The molecule has 0 aliphatic carbocycles. The molecule has 0 aromatic heterocycles. The molecule has 170 valence electrons. The lowest BCUT2D eigenvalue weighted by Crippen LogP contribution is -2.28. The van der Waals surface area contributed by atoms with Gasteiger partial charge in [0.15, 0.2) is 18.1 Å². The molecule has 0 aliphatic rings. The Labute approximate surface area is 186 Å². The van der Waals surface area contributed by atoms with Gasteiger partial charge in [0.1, 0.15) is 5.75 Å². The highest BCUT2D eigenvalue weighted by molar-refractivity contribution is 7.89. The second-order valence-corrected chi connectivity index (χ2v) is 8.41. The fourth-order valence-electron chi connectivity index (χ4n) is 2.51. The number of hydrogen-bond acceptors (Lipinski definition) is 7. The number of halogens is 1. The predicted octanol–water partition coefficient (Wildman–Crippen LogP) is 1.98. The molecule has 0 heterocycles. The van der Waals surface area contributed by atoms with Gasteiger partial charge in [0.25, 0.3) is 5.91 Å². The molecule has 0 atom stereocenters. The summed E-state index contributed by atoms with van der Waals surface area (Å²) in [5.41, 5.74) is 0.819. The van der Waals surface area contributed by atoms with Crippen molar-refractivity contribution in [1.29, 1.82) is 0 Å². The minimum Gasteiger partial charge on any atom is -0.493 e. The molecular formula is C20H25ClN2O7S. The maximum absolute atomic E-state index is 12.2. The number of rotatable bonds is 12. The zero-order valence-electron chi connectivity index (χ0n) is 17.4. The van der Waals surface area contributed by atoms with Gasteiger partial charge in [0, 0.05) is 20.2 Å². The van der Waals surface area contributed by atoms with Gasteiger partial charge in [-0.25, -0.2) is 13.1 Å². The number of nitrogens with one attached hydrogen (secondary N) is 2. The van der Waals surface area contributed by atoms with Gasteiger partial charge in [-0.05, 0) is 35.9 Å². The van der Waals surface area contributed by atoms with Crippen LogP contribution in [0.4, 0.5) is 0 Å². The van der Waals surface area contributed by atoms with Crippen LogP contribution in [0.25, 0.3) is 0 Å². The topological polar surface area (TPSA) is 112 Å². The van der Waals surface area contributed by atoms with Crippen molar-refractivity contribution in [1.82, 2.24) is 10.0 Å². The number of ether oxygens (including phenoxy) is 4. The third-order valence-electron chi connectivity index (χ3n) is 4.11. The maximum Gasteiger partial charge on any atom is 0.258 e. The molecule has 0 fully saturated rings. The highest BCUT2D eigenvalue weighted by Crippen LogP contribution is 2.28. The molecule has 0 spiro atoms. The lowest BCUT2D eigenvalue weighted by molar-refractivity contribution is -0.123. The number of carbonyl (C=O) groups excluding carboxylic acids is 1. The second kappa shape index (κ2) is 11.8. The largest absolute Gasteiger partial charge is 0.493 e. The summed E-state index contributed by atoms with van der Waals surface area (Å²) in [7, 11) is 0.827. The molecule has 2 N–H and O–H groups in total. The molecule has 2 aromatic carbocycles. The number of sulfonamides is 1. The normalized spacial score (nSPS) is 11.1. The van der Waals surface area contributed by atoms with E-state index in [9.17, 15) is 13.2 Å². The molecule has 2 rings (SSSR count). The van der Waals surface area contributed by atoms with E-state index in [1.807, 2.05) is 0 Å².